The van der Waals surface area contributed by atoms with Gasteiger partial charge in [-0.15, -0.1) is 0 Å². The molecule has 4 aromatic rings. The van der Waals surface area contributed by atoms with Gasteiger partial charge in [0.05, 0.1) is 0 Å². The third-order valence-electron chi connectivity index (χ3n) is 8.48. The first-order valence-corrected chi connectivity index (χ1v) is 16.0. The van der Waals surface area contributed by atoms with Crippen molar-refractivity contribution in [3.63, 3.8) is 0 Å². The first kappa shape index (κ1) is 30.7. The van der Waals surface area contributed by atoms with Crippen LogP contribution in [-0.4, -0.2) is 58.7 Å². The van der Waals surface area contributed by atoms with Gasteiger partial charge >= 0.3 is 6.09 Å². The molecule has 1 atom stereocenters. The van der Waals surface area contributed by atoms with Gasteiger partial charge in [-0.05, 0) is 73.9 Å². The van der Waals surface area contributed by atoms with E-state index in [0.29, 0.717) is 44.1 Å². The Labute approximate surface area is 266 Å². The Kier molecular flexibility index (Phi) is 9.36. The summed E-state index contributed by atoms with van der Waals surface area (Å²) in [6, 6.07) is 31.5. The van der Waals surface area contributed by atoms with E-state index in [1.165, 1.54) is 11.1 Å². The van der Waals surface area contributed by atoms with Crippen molar-refractivity contribution in [2.75, 3.05) is 26.2 Å². The number of aromatic nitrogens is 1. The Hall–Kier alpha value is -4.36. The highest BCUT2D eigenvalue weighted by Crippen LogP contribution is 2.35. The minimum atomic E-state index is -0.476. The zero-order valence-electron chi connectivity index (χ0n) is 26.6. The Bertz CT molecular complexity index is 1580. The molecule has 1 aromatic heterocycles. The number of carbonyl (C=O) groups is 1. The van der Waals surface area contributed by atoms with Crippen LogP contribution in [0.2, 0.25) is 0 Å². The molecule has 2 heterocycles. The largest absolute Gasteiger partial charge is 0.473 e. The molecule has 1 saturated heterocycles. The Morgan fingerprint density at radius 3 is 2.13 bits per heavy atom. The predicted octanol–water partition coefficient (Wildman–Crippen LogP) is 7.32. The second kappa shape index (κ2) is 13.7. The van der Waals surface area contributed by atoms with Gasteiger partial charge < -0.3 is 19.1 Å². The van der Waals surface area contributed by atoms with Gasteiger partial charge in [0.15, 0.2) is 0 Å². The number of nitrogens with zero attached hydrogens (tertiary/aromatic N) is 3. The van der Waals surface area contributed by atoms with Gasteiger partial charge in [0.25, 0.3) is 0 Å². The molecule has 234 valence electrons. The molecule has 1 fully saturated rings. The summed E-state index contributed by atoms with van der Waals surface area (Å²) in [6.45, 7) is 9.74. The van der Waals surface area contributed by atoms with Crippen molar-refractivity contribution in [1.29, 1.82) is 0 Å². The predicted molar refractivity (Wildman–Crippen MR) is 176 cm³/mol. The Morgan fingerprint density at radius 1 is 0.800 bits per heavy atom. The van der Waals surface area contributed by atoms with Crippen molar-refractivity contribution in [1.82, 2.24) is 14.8 Å². The molecule has 0 radical (unpaired) electrons. The van der Waals surface area contributed by atoms with Crippen LogP contribution < -0.4 is 9.47 Å². The molecular weight excluding hydrogens is 562 g/mol. The minimum Gasteiger partial charge on any atom is -0.473 e. The highest BCUT2D eigenvalue weighted by atomic mass is 16.6. The average molecular weight is 606 g/mol. The molecule has 0 N–H and O–H groups in total. The second-order valence-corrected chi connectivity index (χ2v) is 12.9. The number of piperazine rings is 1. The summed E-state index contributed by atoms with van der Waals surface area (Å²) in [5.41, 5.74) is 6.52. The first-order valence-electron chi connectivity index (χ1n) is 16.0. The Balaban J connectivity index is 1.17. The lowest BCUT2D eigenvalue weighted by Gasteiger charge is -2.41. The zero-order chi connectivity index (χ0) is 31.2. The van der Waals surface area contributed by atoms with Crippen molar-refractivity contribution in [2.45, 2.75) is 64.9 Å². The number of benzene rings is 3. The van der Waals surface area contributed by atoms with Crippen LogP contribution in [0.5, 0.6) is 11.8 Å². The first-order chi connectivity index (χ1) is 21.8. The number of fused-ring (bicyclic) bond motifs is 1. The summed E-state index contributed by atoms with van der Waals surface area (Å²) in [4.78, 5) is 21.8. The second-order valence-electron chi connectivity index (χ2n) is 12.9. The van der Waals surface area contributed by atoms with E-state index in [0.717, 1.165) is 54.6 Å². The van der Waals surface area contributed by atoms with E-state index in [1.807, 2.05) is 80.3 Å². The van der Waals surface area contributed by atoms with Gasteiger partial charge in [-0.3, -0.25) is 4.90 Å². The van der Waals surface area contributed by atoms with Gasteiger partial charge in [-0.2, -0.15) is 4.98 Å². The fraction of sp³-hybridized carbons (Fsp3) is 0.368. The lowest BCUT2D eigenvalue weighted by molar-refractivity contribution is 0.00958. The molecule has 0 unspecified atom stereocenters. The van der Waals surface area contributed by atoms with Gasteiger partial charge in [0.1, 0.15) is 18.8 Å². The van der Waals surface area contributed by atoms with Crippen molar-refractivity contribution in [2.24, 2.45) is 0 Å². The van der Waals surface area contributed by atoms with Crippen LogP contribution in [-0.2, 0) is 30.8 Å². The van der Waals surface area contributed by atoms with Crippen LogP contribution in [0.25, 0.3) is 11.1 Å². The molecule has 7 heteroatoms. The van der Waals surface area contributed by atoms with Crippen LogP contribution in [0.3, 0.4) is 0 Å². The monoisotopic (exact) mass is 605 g/mol. The van der Waals surface area contributed by atoms with Crippen molar-refractivity contribution < 1.29 is 19.0 Å². The highest BCUT2D eigenvalue weighted by Gasteiger charge is 2.31. The summed E-state index contributed by atoms with van der Waals surface area (Å²) in [5.74, 6) is 1.10. The highest BCUT2D eigenvalue weighted by molar-refractivity contribution is 5.70. The third-order valence-corrected chi connectivity index (χ3v) is 8.48. The molecule has 7 nitrogen and oxygen atoms in total. The van der Waals surface area contributed by atoms with E-state index in [9.17, 15) is 4.79 Å². The molecule has 0 bridgehead atoms. The number of rotatable bonds is 8. The third kappa shape index (κ3) is 8.03. The standard InChI is InChI=1S/C38H43N3O4/c1-38(2,3)45-37(42)41-22-20-40(21-23-41)33-17-16-30-14-15-31(24-32(30)25-33)34-18-19-35(43-26-28-10-6-4-7-11-28)39-36(34)44-27-29-12-8-5-9-13-29/h4-15,18-19,24,33H,16-17,20-23,25-27H2,1-3H3/t33-/m0/s1. The van der Waals surface area contributed by atoms with E-state index < -0.39 is 5.60 Å². The van der Waals surface area contributed by atoms with Crippen LogP contribution in [0.1, 0.15) is 49.4 Å². The van der Waals surface area contributed by atoms with Crippen LogP contribution in [0.4, 0.5) is 4.79 Å². The molecule has 1 aliphatic heterocycles. The molecule has 1 aliphatic carbocycles. The lowest BCUT2D eigenvalue weighted by Crippen LogP contribution is -2.53. The van der Waals surface area contributed by atoms with Gasteiger partial charge in [-0.25, -0.2) is 4.79 Å². The van der Waals surface area contributed by atoms with Crippen LogP contribution in [0, 0.1) is 0 Å². The summed E-state index contributed by atoms with van der Waals surface area (Å²) >= 11 is 0. The minimum absolute atomic E-state index is 0.212. The van der Waals surface area contributed by atoms with E-state index in [4.69, 9.17) is 19.2 Å². The number of carbonyl (C=O) groups excluding carboxylic acids is 1. The molecule has 2 aliphatic rings. The van der Waals surface area contributed by atoms with Crippen molar-refractivity contribution in [3.05, 3.63) is 113 Å². The fourth-order valence-corrected chi connectivity index (χ4v) is 6.10. The van der Waals surface area contributed by atoms with E-state index >= 15 is 0 Å². The summed E-state index contributed by atoms with van der Waals surface area (Å²) in [6.07, 6.45) is 2.95. The normalized spacial score (nSPS) is 17.0. The van der Waals surface area contributed by atoms with E-state index in [-0.39, 0.29) is 6.09 Å². The maximum atomic E-state index is 12.6. The van der Waals surface area contributed by atoms with Crippen molar-refractivity contribution >= 4 is 6.09 Å². The smallest absolute Gasteiger partial charge is 0.410 e. The van der Waals surface area contributed by atoms with Gasteiger partial charge in [-0.1, -0.05) is 78.9 Å². The summed E-state index contributed by atoms with van der Waals surface area (Å²) < 4.78 is 18.0. The molecule has 6 rings (SSSR count). The topological polar surface area (TPSA) is 64.1 Å². The molecule has 3 aromatic carbocycles. The van der Waals surface area contributed by atoms with Gasteiger partial charge in [0, 0.05) is 43.9 Å². The molecule has 0 spiro atoms. The average Bonchev–Trinajstić information content (AvgIpc) is 3.06. The summed E-state index contributed by atoms with van der Waals surface area (Å²) in [5, 5.41) is 0. The zero-order valence-corrected chi connectivity index (χ0v) is 26.6. The van der Waals surface area contributed by atoms with Crippen molar-refractivity contribution in [3.8, 4) is 22.9 Å². The summed E-state index contributed by atoms with van der Waals surface area (Å²) in [7, 11) is 0. The molecule has 1 amide bonds. The molecule has 45 heavy (non-hydrogen) atoms. The SMILES string of the molecule is CC(C)(C)OC(=O)N1CCN([C@H]2CCc3ccc(-c4ccc(OCc5ccccc5)nc4OCc4ccccc4)cc3C2)CC1. The number of ether oxygens (including phenoxy) is 3. The van der Waals surface area contributed by atoms with Gasteiger partial charge in [0.2, 0.25) is 11.8 Å². The lowest BCUT2D eigenvalue weighted by atomic mass is 9.85. The Morgan fingerprint density at radius 2 is 1.47 bits per heavy atom. The number of aryl methyl sites for hydroxylation is 1. The maximum absolute atomic E-state index is 12.6. The number of amides is 1. The number of hydrogen-bond donors (Lipinski definition) is 0. The quantitative estimate of drug-likeness (QED) is 0.210. The number of pyridine rings is 1. The van der Waals surface area contributed by atoms with E-state index in [1.54, 1.807) is 0 Å². The van der Waals surface area contributed by atoms with Crippen LogP contribution >= 0.6 is 0 Å². The number of hydrogen-bond acceptors (Lipinski definition) is 6. The maximum Gasteiger partial charge on any atom is 0.410 e. The fourth-order valence-electron chi connectivity index (χ4n) is 6.10. The molecule has 0 saturated carbocycles. The van der Waals surface area contributed by atoms with E-state index in [2.05, 4.69) is 41.3 Å². The molecular formula is C38H43N3O4. The van der Waals surface area contributed by atoms with Crippen LogP contribution in [0.15, 0.2) is 91.0 Å².